The molecule has 0 aliphatic rings. The molecule has 0 spiro atoms. The van der Waals surface area contributed by atoms with Gasteiger partial charge >= 0.3 is 5.97 Å². The number of alkyl halides is 1. The molecule has 0 aliphatic heterocycles. The minimum absolute atomic E-state index is 0.641. The van der Waals surface area contributed by atoms with E-state index in [-0.39, 0.29) is 0 Å². The molecule has 1 aromatic carbocycles. The van der Waals surface area contributed by atoms with Gasteiger partial charge in [0.2, 0.25) is 11.5 Å². The van der Waals surface area contributed by atoms with Crippen molar-refractivity contribution in [1.29, 1.82) is 0 Å². The zero-order valence-corrected chi connectivity index (χ0v) is 10.5. The molecule has 0 amide bonds. The monoisotopic (exact) mass is 299 g/mol. The number of carbonyl (C=O) groups excluding carboxylic acids is 1. The van der Waals surface area contributed by atoms with E-state index in [0.29, 0.717) is 5.56 Å². The Labute approximate surface area is 106 Å². The number of aliphatic carboxylic acids is 1. The van der Waals surface area contributed by atoms with Crippen molar-refractivity contribution in [2.24, 2.45) is 5.16 Å². The highest BCUT2D eigenvalue weighted by Crippen LogP contribution is 2.24. The maximum atomic E-state index is 11.8. The number of rotatable bonds is 5. The van der Waals surface area contributed by atoms with Crippen molar-refractivity contribution in [2.75, 3.05) is 7.11 Å². The summed E-state index contributed by atoms with van der Waals surface area (Å²) < 4.78 is 0. The van der Waals surface area contributed by atoms with E-state index < -0.39 is 22.3 Å². The van der Waals surface area contributed by atoms with Gasteiger partial charge in [0.15, 0.2) is 0 Å². The molecule has 0 aromatic heterocycles. The minimum atomic E-state index is -1.42. The number of hydrogen-bond donors (Lipinski definition) is 1. The fourth-order valence-electron chi connectivity index (χ4n) is 1.17. The second-order valence-electron chi connectivity index (χ2n) is 3.07. The fraction of sp³-hybridized carbons (Fsp3) is 0.182. The quantitative estimate of drug-likeness (QED) is 0.389. The second kappa shape index (κ2) is 6.15. The lowest BCUT2D eigenvalue weighted by atomic mass is 10.1. The van der Waals surface area contributed by atoms with Gasteiger partial charge in [-0.15, -0.1) is 0 Å². The lowest BCUT2D eigenvalue weighted by molar-refractivity contribution is -0.130. The van der Waals surface area contributed by atoms with E-state index >= 15 is 0 Å². The summed E-state index contributed by atoms with van der Waals surface area (Å²) in [6, 6.07) is 8.73. The number of Topliss-reactive ketones (excluding diaryl/α,β-unsaturated/α-hetero) is 1. The van der Waals surface area contributed by atoms with Crippen molar-refractivity contribution in [2.45, 2.75) is 4.83 Å². The molecule has 6 heteroatoms. The molecule has 0 aliphatic carbocycles. The predicted octanol–water partition coefficient (Wildman–Crippen LogP) is 1.78. The number of oxime groups is 1. The molecule has 5 nitrogen and oxygen atoms in total. The number of nitrogens with zero attached hydrogens (tertiary/aromatic N) is 1. The highest BCUT2D eigenvalue weighted by atomic mass is 79.9. The lowest BCUT2D eigenvalue weighted by Gasteiger charge is -2.08. The van der Waals surface area contributed by atoms with Crippen molar-refractivity contribution in [3.05, 3.63) is 35.9 Å². The first kappa shape index (κ1) is 13.4. The topological polar surface area (TPSA) is 76.0 Å². The van der Waals surface area contributed by atoms with Crippen LogP contribution < -0.4 is 0 Å². The van der Waals surface area contributed by atoms with Crippen LogP contribution in [0, 0.1) is 0 Å². The Kier molecular flexibility index (Phi) is 4.84. The summed E-state index contributed by atoms with van der Waals surface area (Å²) in [5.41, 5.74) is 0.0146. The molecule has 1 aromatic rings. The molecule has 0 saturated heterocycles. The van der Waals surface area contributed by atoms with Crippen LogP contribution in [0.3, 0.4) is 0 Å². The number of carboxylic acids is 1. The molecule has 90 valence electrons. The molecule has 1 atom stereocenters. The third-order valence-corrected chi connectivity index (χ3v) is 2.89. The molecule has 17 heavy (non-hydrogen) atoms. The molecular weight excluding hydrogens is 290 g/mol. The Balaban J connectivity index is 2.97. The van der Waals surface area contributed by atoms with Crippen molar-refractivity contribution in [1.82, 2.24) is 0 Å². The average molecular weight is 300 g/mol. The van der Waals surface area contributed by atoms with Gasteiger partial charge in [-0.3, -0.25) is 4.79 Å². The highest BCUT2D eigenvalue weighted by Gasteiger charge is 2.28. The van der Waals surface area contributed by atoms with Crippen LogP contribution in [-0.4, -0.2) is 29.7 Å². The molecular formula is C11H10BrNO4. The summed E-state index contributed by atoms with van der Waals surface area (Å²) in [4.78, 5) is 26.2. The Morgan fingerprint density at radius 3 is 2.41 bits per heavy atom. The maximum absolute atomic E-state index is 11.8. The van der Waals surface area contributed by atoms with Gasteiger partial charge in [-0.2, -0.15) is 0 Å². The summed E-state index contributed by atoms with van der Waals surface area (Å²) in [6.07, 6.45) is 0. The highest BCUT2D eigenvalue weighted by molar-refractivity contribution is 9.09. The van der Waals surface area contributed by atoms with Gasteiger partial charge in [0.1, 0.15) is 11.9 Å². The van der Waals surface area contributed by atoms with Gasteiger partial charge in [-0.05, 0) is 5.56 Å². The third kappa shape index (κ3) is 3.39. The Bertz CT molecular complexity index is 444. The summed E-state index contributed by atoms with van der Waals surface area (Å²) in [7, 11) is 1.18. The molecule has 0 saturated carbocycles. The van der Waals surface area contributed by atoms with E-state index in [4.69, 9.17) is 5.11 Å². The molecule has 0 fully saturated rings. The SMILES string of the molecule is CO/N=C(\C(=O)O)C(=O)C(Br)c1ccccc1. The average Bonchev–Trinajstić information content (AvgIpc) is 2.35. The Morgan fingerprint density at radius 1 is 1.35 bits per heavy atom. The van der Waals surface area contributed by atoms with E-state index in [1.165, 1.54) is 7.11 Å². The van der Waals surface area contributed by atoms with Crippen LogP contribution >= 0.6 is 15.9 Å². The summed E-state index contributed by atoms with van der Waals surface area (Å²) in [5.74, 6) is -2.08. The Morgan fingerprint density at radius 2 is 1.94 bits per heavy atom. The molecule has 0 bridgehead atoms. The number of ketones is 1. The van der Waals surface area contributed by atoms with Crippen LogP contribution in [0.4, 0.5) is 0 Å². The number of benzene rings is 1. The van der Waals surface area contributed by atoms with Gasteiger partial charge in [-0.1, -0.05) is 51.4 Å². The maximum Gasteiger partial charge on any atom is 0.361 e. The molecule has 1 rings (SSSR count). The molecule has 1 unspecified atom stereocenters. The lowest BCUT2D eigenvalue weighted by Crippen LogP contribution is -2.27. The smallest absolute Gasteiger partial charge is 0.361 e. The number of carboxylic acid groups (broad SMARTS) is 1. The van der Waals surface area contributed by atoms with E-state index in [1.807, 2.05) is 0 Å². The van der Waals surface area contributed by atoms with Crippen LogP contribution in [0.15, 0.2) is 35.5 Å². The van der Waals surface area contributed by atoms with Crippen molar-refractivity contribution in [3.63, 3.8) is 0 Å². The first-order valence-corrected chi connectivity index (χ1v) is 5.57. The minimum Gasteiger partial charge on any atom is -0.476 e. The van der Waals surface area contributed by atoms with Crippen molar-refractivity contribution < 1.29 is 19.5 Å². The van der Waals surface area contributed by atoms with Gasteiger partial charge in [0.05, 0.1) is 0 Å². The first-order chi connectivity index (χ1) is 8.07. The predicted molar refractivity (Wildman–Crippen MR) is 65.2 cm³/mol. The van der Waals surface area contributed by atoms with E-state index in [1.54, 1.807) is 30.3 Å². The van der Waals surface area contributed by atoms with Gasteiger partial charge in [0, 0.05) is 0 Å². The normalized spacial score (nSPS) is 12.9. The van der Waals surface area contributed by atoms with Crippen LogP contribution in [-0.2, 0) is 14.4 Å². The zero-order valence-electron chi connectivity index (χ0n) is 8.96. The summed E-state index contributed by atoms with van der Waals surface area (Å²) in [6.45, 7) is 0. The largest absolute Gasteiger partial charge is 0.476 e. The molecule has 0 heterocycles. The van der Waals surface area contributed by atoms with Gasteiger partial charge in [0.25, 0.3) is 0 Å². The van der Waals surface area contributed by atoms with E-state index in [0.717, 1.165) is 0 Å². The number of halogens is 1. The summed E-state index contributed by atoms with van der Waals surface area (Å²) >= 11 is 3.14. The van der Waals surface area contributed by atoms with E-state index in [2.05, 4.69) is 25.9 Å². The van der Waals surface area contributed by atoms with Gasteiger partial charge < -0.3 is 9.94 Å². The van der Waals surface area contributed by atoms with E-state index in [9.17, 15) is 9.59 Å². The van der Waals surface area contributed by atoms with Crippen LogP contribution in [0.1, 0.15) is 10.4 Å². The van der Waals surface area contributed by atoms with Crippen molar-refractivity contribution in [3.8, 4) is 0 Å². The Hall–Kier alpha value is -1.69. The second-order valence-corrected chi connectivity index (χ2v) is 3.98. The molecule has 0 radical (unpaired) electrons. The van der Waals surface area contributed by atoms with Crippen LogP contribution in [0.25, 0.3) is 0 Å². The zero-order chi connectivity index (χ0) is 12.8. The van der Waals surface area contributed by atoms with Crippen LogP contribution in [0.2, 0.25) is 0 Å². The van der Waals surface area contributed by atoms with Crippen LogP contribution in [0.5, 0.6) is 0 Å². The van der Waals surface area contributed by atoms with Gasteiger partial charge in [-0.25, -0.2) is 4.79 Å². The molecule has 1 N–H and O–H groups in total. The third-order valence-electron chi connectivity index (χ3n) is 1.94. The number of carbonyl (C=O) groups is 2. The first-order valence-electron chi connectivity index (χ1n) is 4.65. The number of hydrogen-bond acceptors (Lipinski definition) is 4. The van der Waals surface area contributed by atoms with Crippen molar-refractivity contribution >= 4 is 33.4 Å². The standard InChI is InChI=1S/C11H10BrNO4/c1-17-13-9(11(15)16)10(14)8(12)7-5-3-2-4-6-7/h2-6,8H,1H3,(H,15,16)/b13-9-. The summed E-state index contributed by atoms with van der Waals surface area (Å²) in [5, 5.41) is 12.0. The fourth-order valence-corrected chi connectivity index (χ4v) is 1.70.